The zero-order valence-electron chi connectivity index (χ0n) is 19.0. The first kappa shape index (κ1) is 24.5. The van der Waals surface area contributed by atoms with Crippen molar-refractivity contribution in [2.75, 3.05) is 11.9 Å². The zero-order valence-corrected chi connectivity index (χ0v) is 19.8. The van der Waals surface area contributed by atoms with Gasteiger partial charge < -0.3 is 15.5 Å². The summed E-state index contributed by atoms with van der Waals surface area (Å²) in [6.07, 6.45) is 1.32. The van der Waals surface area contributed by atoms with Gasteiger partial charge in [0.1, 0.15) is 6.04 Å². The van der Waals surface area contributed by atoms with E-state index >= 15 is 0 Å². The number of fused-ring (bicyclic) bond motifs is 1. The molecule has 0 aromatic heterocycles. The third-order valence-electron chi connectivity index (χ3n) is 6.07. The fraction of sp³-hybridized carbons (Fsp3) is 0.259. The van der Waals surface area contributed by atoms with Crippen LogP contribution >= 0.6 is 12.4 Å². The van der Waals surface area contributed by atoms with E-state index in [0.29, 0.717) is 13.0 Å². The molecule has 0 saturated carbocycles. The molecule has 0 saturated heterocycles. The number of carbonyl (C=O) groups is 2. The van der Waals surface area contributed by atoms with Crippen LogP contribution in [0.1, 0.15) is 24.5 Å². The number of para-hydroxylation sites is 1. The minimum atomic E-state index is -0.553. The van der Waals surface area contributed by atoms with E-state index in [-0.39, 0.29) is 30.3 Å². The van der Waals surface area contributed by atoms with Gasteiger partial charge in [0, 0.05) is 5.69 Å². The lowest BCUT2D eigenvalue weighted by atomic mass is 10.0. The van der Waals surface area contributed by atoms with Gasteiger partial charge in [-0.3, -0.25) is 9.59 Å². The van der Waals surface area contributed by atoms with Crippen LogP contribution in [-0.2, 0) is 22.6 Å². The second kappa shape index (κ2) is 11.1. The smallest absolute Gasteiger partial charge is 0.249 e. The number of anilines is 1. The van der Waals surface area contributed by atoms with Crippen LogP contribution in [0.2, 0.25) is 0 Å². The van der Waals surface area contributed by atoms with Crippen LogP contribution in [0.5, 0.6) is 0 Å². The minimum absolute atomic E-state index is 0. The highest BCUT2D eigenvalue weighted by molar-refractivity contribution is 6.00. The second-order valence-electron chi connectivity index (χ2n) is 8.23. The average molecular weight is 464 g/mol. The molecular formula is C27H30ClN3O2. The van der Waals surface area contributed by atoms with E-state index in [0.717, 1.165) is 34.4 Å². The first-order chi connectivity index (χ1) is 15.6. The van der Waals surface area contributed by atoms with Crippen molar-refractivity contribution in [2.24, 2.45) is 0 Å². The van der Waals surface area contributed by atoms with Crippen LogP contribution in [0.3, 0.4) is 0 Å². The number of halogens is 1. The second-order valence-corrected chi connectivity index (χ2v) is 8.23. The topological polar surface area (TPSA) is 61.4 Å². The summed E-state index contributed by atoms with van der Waals surface area (Å²) >= 11 is 0. The summed E-state index contributed by atoms with van der Waals surface area (Å²) in [4.78, 5) is 27.9. The van der Waals surface area contributed by atoms with E-state index in [1.807, 2.05) is 53.4 Å². The Balaban J connectivity index is 0.00000306. The molecule has 2 atom stereocenters. The zero-order chi connectivity index (χ0) is 22.5. The number of rotatable bonds is 6. The molecule has 2 N–H and O–H groups in total. The van der Waals surface area contributed by atoms with Gasteiger partial charge >= 0.3 is 0 Å². The highest BCUT2D eigenvalue weighted by atomic mass is 35.5. The molecule has 0 fully saturated rings. The molecule has 3 aromatic rings. The number of likely N-dealkylation sites (N-methyl/N-ethyl adjacent to an activating group) is 1. The number of hydrogen-bond donors (Lipinski definition) is 2. The Kier molecular flexibility index (Phi) is 8.26. The molecule has 1 heterocycles. The molecule has 1 aliphatic heterocycles. The van der Waals surface area contributed by atoms with Gasteiger partial charge in [0.05, 0.1) is 12.6 Å². The quantitative estimate of drug-likeness (QED) is 0.571. The predicted octanol–water partition coefficient (Wildman–Crippen LogP) is 4.35. The summed E-state index contributed by atoms with van der Waals surface area (Å²) in [6, 6.07) is 25.6. The molecule has 4 rings (SSSR count). The molecule has 1 aliphatic rings. The van der Waals surface area contributed by atoms with Crippen LogP contribution in [0, 0.1) is 0 Å². The first-order valence-corrected chi connectivity index (χ1v) is 11.1. The SMILES string of the molecule is CNC(C)C(=O)NC1CCc2ccccc2N(Cc2cccc(-c3ccccc3)c2)C1=O.Cl. The summed E-state index contributed by atoms with van der Waals surface area (Å²) in [5.74, 6) is -0.237. The van der Waals surface area contributed by atoms with Gasteiger partial charge in [-0.15, -0.1) is 12.4 Å². The average Bonchev–Trinajstić information content (AvgIpc) is 2.96. The number of aryl methyl sites for hydroxylation is 1. The summed E-state index contributed by atoms with van der Waals surface area (Å²) in [5, 5.41) is 5.89. The number of hydrogen-bond acceptors (Lipinski definition) is 3. The molecule has 33 heavy (non-hydrogen) atoms. The van der Waals surface area contributed by atoms with Crippen molar-refractivity contribution in [3.63, 3.8) is 0 Å². The molecule has 5 nitrogen and oxygen atoms in total. The van der Waals surface area contributed by atoms with Gasteiger partial charge in [-0.1, -0.05) is 66.7 Å². The third-order valence-corrected chi connectivity index (χ3v) is 6.07. The van der Waals surface area contributed by atoms with E-state index < -0.39 is 6.04 Å². The highest BCUT2D eigenvalue weighted by Crippen LogP contribution is 2.29. The lowest BCUT2D eigenvalue weighted by Crippen LogP contribution is -2.52. The minimum Gasteiger partial charge on any atom is -0.343 e. The van der Waals surface area contributed by atoms with Crippen molar-refractivity contribution in [3.8, 4) is 11.1 Å². The van der Waals surface area contributed by atoms with Crippen molar-refractivity contribution in [1.29, 1.82) is 0 Å². The predicted molar refractivity (Wildman–Crippen MR) is 136 cm³/mol. The van der Waals surface area contributed by atoms with Crippen molar-refractivity contribution in [2.45, 2.75) is 38.4 Å². The van der Waals surface area contributed by atoms with E-state index in [1.54, 1.807) is 14.0 Å². The van der Waals surface area contributed by atoms with Crippen LogP contribution < -0.4 is 15.5 Å². The fourth-order valence-electron chi connectivity index (χ4n) is 4.10. The van der Waals surface area contributed by atoms with Crippen molar-refractivity contribution >= 4 is 29.9 Å². The van der Waals surface area contributed by atoms with Crippen molar-refractivity contribution < 1.29 is 9.59 Å². The Morgan fingerprint density at radius 3 is 2.45 bits per heavy atom. The molecular weight excluding hydrogens is 434 g/mol. The number of nitrogens with one attached hydrogen (secondary N) is 2. The van der Waals surface area contributed by atoms with Gasteiger partial charge in [0.15, 0.2) is 0 Å². The fourth-order valence-corrected chi connectivity index (χ4v) is 4.10. The monoisotopic (exact) mass is 463 g/mol. The van der Waals surface area contributed by atoms with Crippen molar-refractivity contribution in [1.82, 2.24) is 10.6 Å². The lowest BCUT2D eigenvalue weighted by Gasteiger charge is -2.27. The van der Waals surface area contributed by atoms with E-state index in [2.05, 4.69) is 41.0 Å². The lowest BCUT2D eigenvalue weighted by molar-refractivity contribution is -0.128. The molecule has 3 aromatic carbocycles. The summed E-state index contributed by atoms with van der Waals surface area (Å²) in [6.45, 7) is 2.24. The number of benzene rings is 3. The molecule has 0 bridgehead atoms. The van der Waals surface area contributed by atoms with Gasteiger partial charge in [-0.05, 0) is 61.2 Å². The maximum absolute atomic E-state index is 13.6. The van der Waals surface area contributed by atoms with E-state index in [1.165, 1.54) is 0 Å². The standard InChI is InChI=1S/C27H29N3O2.ClH/c1-19(28-2)26(31)29-24-16-15-22-12-6-7-14-25(22)30(27(24)32)18-20-9-8-13-23(17-20)21-10-4-3-5-11-21;/h3-14,17,19,24,28H,15-16,18H2,1-2H3,(H,29,31);1H. The first-order valence-electron chi connectivity index (χ1n) is 11.1. The Morgan fingerprint density at radius 1 is 1.00 bits per heavy atom. The Labute approximate surface area is 201 Å². The van der Waals surface area contributed by atoms with E-state index in [9.17, 15) is 9.59 Å². The van der Waals surface area contributed by atoms with Gasteiger partial charge in [-0.2, -0.15) is 0 Å². The normalized spacial score (nSPS) is 16.2. The molecule has 2 amide bonds. The number of amides is 2. The number of carbonyl (C=O) groups excluding carboxylic acids is 2. The largest absolute Gasteiger partial charge is 0.343 e. The summed E-state index contributed by atoms with van der Waals surface area (Å²) in [7, 11) is 1.74. The molecule has 0 radical (unpaired) electrons. The van der Waals surface area contributed by atoms with Crippen LogP contribution in [0.15, 0.2) is 78.9 Å². The van der Waals surface area contributed by atoms with Gasteiger partial charge in [-0.25, -0.2) is 0 Å². The Hall–Kier alpha value is -3.15. The highest BCUT2D eigenvalue weighted by Gasteiger charge is 2.32. The summed E-state index contributed by atoms with van der Waals surface area (Å²) < 4.78 is 0. The Bertz CT molecular complexity index is 1100. The van der Waals surface area contributed by atoms with Crippen LogP contribution in [0.4, 0.5) is 5.69 Å². The van der Waals surface area contributed by atoms with Gasteiger partial charge in [0.25, 0.3) is 0 Å². The molecule has 2 unspecified atom stereocenters. The van der Waals surface area contributed by atoms with Crippen LogP contribution in [-0.4, -0.2) is 30.9 Å². The molecule has 0 aliphatic carbocycles. The third kappa shape index (κ3) is 5.62. The van der Waals surface area contributed by atoms with Crippen LogP contribution in [0.25, 0.3) is 11.1 Å². The summed E-state index contributed by atoms with van der Waals surface area (Å²) in [5.41, 5.74) is 5.35. The maximum Gasteiger partial charge on any atom is 0.249 e. The van der Waals surface area contributed by atoms with E-state index in [4.69, 9.17) is 0 Å². The number of nitrogens with zero attached hydrogens (tertiary/aromatic N) is 1. The van der Waals surface area contributed by atoms with Crippen molar-refractivity contribution in [3.05, 3.63) is 90.0 Å². The Morgan fingerprint density at radius 2 is 1.70 bits per heavy atom. The molecule has 172 valence electrons. The molecule has 6 heteroatoms. The maximum atomic E-state index is 13.6. The molecule has 0 spiro atoms. The van der Waals surface area contributed by atoms with Gasteiger partial charge in [0.2, 0.25) is 11.8 Å².